The van der Waals surface area contributed by atoms with Crippen LogP contribution < -0.4 is 11.1 Å². The molecule has 1 fully saturated rings. The summed E-state index contributed by atoms with van der Waals surface area (Å²) < 4.78 is 0. The Bertz CT molecular complexity index is 1040. The van der Waals surface area contributed by atoms with E-state index >= 15 is 0 Å². The Labute approximate surface area is 173 Å². The molecule has 0 radical (unpaired) electrons. The highest BCUT2D eigenvalue weighted by atomic mass is 16.2. The second-order valence-corrected chi connectivity index (χ2v) is 6.90. The van der Waals surface area contributed by atoms with Crippen molar-refractivity contribution in [3.8, 4) is 0 Å². The minimum Gasteiger partial charge on any atom is -0.384 e. The van der Waals surface area contributed by atoms with Crippen LogP contribution in [0.3, 0.4) is 0 Å². The number of hydrogen-bond acceptors (Lipinski definition) is 7. The number of carbonyl (C=O) groups is 2. The molecule has 152 valence electrons. The molecule has 0 saturated carbocycles. The number of hydrogen-bond donors (Lipinski definition) is 2. The van der Waals surface area contributed by atoms with E-state index in [1.165, 1.54) is 4.90 Å². The van der Waals surface area contributed by atoms with Crippen molar-refractivity contribution in [2.45, 2.75) is 13.1 Å². The molecule has 3 N–H and O–H groups in total. The summed E-state index contributed by atoms with van der Waals surface area (Å²) in [5, 5.41) is 3.11. The van der Waals surface area contributed by atoms with Crippen molar-refractivity contribution in [3.05, 3.63) is 72.2 Å². The molecular formula is C21H21N7O2. The van der Waals surface area contributed by atoms with Crippen LogP contribution >= 0.6 is 0 Å². The Morgan fingerprint density at radius 3 is 2.20 bits per heavy atom. The zero-order chi connectivity index (χ0) is 20.9. The third-order valence-corrected chi connectivity index (χ3v) is 4.73. The van der Waals surface area contributed by atoms with E-state index in [0.717, 1.165) is 11.3 Å². The first kappa shape index (κ1) is 19.3. The Balaban J connectivity index is 1.35. The van der Waals surface area contributed by atoms with Crippen molar-refractivity contribution in [3.63, 3.8) is 0 Å². The number of piperazine rings is 1. The van der Waals surface area contributed by atoms with Crippen molar-refractivity contribution >= 4 is 29.3 Å². The molecule has 9 nitrogen and oxygen atoms in total. The van der Waals surface area contributed by atoms with Gasteiger partial charge in [0.05, 0.1) is 12.2 Å². The van der Waals surface area contributed by atoms with Crippen molar-refractivity contribution in [1.29, 1.82) is 0 Å². The molecule has 0 bridgehead atoms. The lowest BCUT2D eigenvalue weighted by atomic mass is 10.1. The van der Waals surface area contributed by atoms with E-state index in [4.69, 9.17) is 5.73 Å². The van der Waals surface area contributed by atoms with Crippen LogP contribution in [0.15, 0.2) is 60.9 Å². The molecule has 1 aliphatic rings. The molecule has 0 spiro atoms. The zero-order valence-electron chi connectivity index (χ0n) is 16.2. The van der Waals surface area contributed by atoms with E-state index in [9.17, 15) is 9.59 Å². The van der Waals surface area contributed by atoms with Gasteiger partial charge in [-0.2, -0.15) is 0 Å². The van der Waals surface area contributed by atoms with E-state index < -0.39 is 11.8 Å². The number of nitrogens with two attached hydrogens (primary N) is 1. The Hall–Kier alpha value is -4.01. The zero-order valence-corrected chi connectivity index (χ0v) is 16.2. The minimum atomic E-state index is -0.523. The standard InChI is InChI=1S/C21H21N7O2/c22-18-4-1-3-17(25-18)14-28-12-11-27(19(29)20(28)30)13-15-5-7-16(8-6-15)26-21-23-9-2-10-24-21/h1-10H,11-14H2,(H2,22,25)(H,23,24,26). The number of nitrogens with one attached hydrogen (secondary N) is 1. The molecule has 0 atom stereocenters. The van der Waals surface area contributed by atoms with Crippen LogP contribution in [0.25, 0.3) is 0 Å². The van der Waals surface area contributed by atoms with Crippen LogP contribution in [-0.4, -0.2) is 49.7 Å². The van der Waals surface area contributed by atoms with Crippen molar-refractivity contribution < 1.29 is 9.59 Å². The Morgan fingerprint density at radius 2 is 1.53 bits per heavy atom. The largest absolute Gasteiger partial charge is 0.384 e. The van der Waals surface area contributed by atoms with Gasteiger partial charge in [0.15, 0.2) is 0 Å². The SMILES string of the molecule is Nc1cccc(CN2CCN(Cc3ccc(Nc4ncccn4)cc3)C(=O)C2=O)n1. The van der Waals surface area contributed by atoms with Crippen LogP contribution in [-0.2, 0) is 22.7 Å². The molecule has 4 rings (SSSR count). The van der Waals surface area contributed by atoms with Gasteiger partial charge < -0.3 is 20.9 Å². The molecule has 3 aromatic rings. The first-order valence-electron chi connectivity index (χ1n) is 9.51. The highest BCUT2D eigenvalue weighted by Crippen LogP contribution is 2.17. The topological polar surface area (TPSA) is 117 Å². The van der Waals surface area contributed by atoms with Gasteiger partial charge in [-0.25, -0.2) is 15.0 Å². The summed E-state index contributed by atoms with van der Waals surface area (Å²) in [4.78, 5) is 40.6. The van der Waals surface area contributed by atoms with E-state index in [1.807, 2.05) is 24.3 Å². The molecule has 2 amide bonds. The molecule has 1 aliphatic heterocycles. The molecule has 0 unspecified atom stereocenters. The van der Waals surface area contributed by atoms with Crippen LogP contribution in [0.4, 0.5) is 17.5 Å². The maximum Gasteiger partial charge on any atom is 0.312 e. The number of rotatable bonds is 6. The van der Waals surface area contributed by atoms with Crippen LogP contribution in [0.1, 0.15) is 11.3 Å². The Kier molecular flexibility index (Phi) is 5.51. The van der Waals surface area contributed by atoms with Gasteiger partial charge in [0.2, 0.25) is 5.95 Å². The van der Waals surface area contributed by atoms with Gasteiger partial charge in [-0.1, -0.05) is 18.2 Å². The van der Waals surface area contributed by atoms with E-state index in [2.05, 4.69) is 20.3 Å². The summed E-state index contributed by atoms with van der Waals surface area (Å²) in [7, 11) is 0. The molecule has 30 heavy (non-hydrogen) atoms. The number of carbonyl (C=O) groups excluding carboxylic acids is 2. The lowest BCUT2D eigenvalue weighted by Gasteiger charge is -2.33. The minimum absolute atomic E-state index is 0.269. The van der Waals surface area contributed by atoms with Gasteiger partial charge in [0, 0.05) is 37.7 Å². The number of aromatic nitrogens is 3. The fraction of sp³-hybridized carbons (Fsp3) is 0.190. The lowest BCUT2D eigenvalue weighted by molar-refractivity contribution is -0.156. The normalized spacial score (nSPS) is 14.1. The predicted octanol–water partition coefficient (Wildman–Crippen LogP) is 1.57. The fourth-order valence-corrected chi connectivity index (χ4v) is 3.21. The number of pyridine rings is 1. The van der Waals surface area contributed by atoms with Gasteiger partial charge in [0.25, 0.3) is 0 Å². The average molecular weight is 403 g/mol. The maximum absolute atomic E-state index is 12.6. The highest BCUT2D eigenvalue weighted by molar-refractivity contribution is 6.35. The summed E-state index contributed by atoms with van der Waals surface area (Å²) in [6.07, 6.45) is 3.32. The van der Waals surface area contributed by atoms with Crippen molar-refractivity contribution in [2.24, 2.45) is 0 Å². The average Bonchev–Trinajstić information content (AvgIpc) is 2.76. The molecule has 2 aromatic heterocycles. The molecule has 9 heteroatoms. The van der Waals surface area contributed by atoms with E-state index in [1.54, 1.807) is 41.6 Å². The Morgan fingerprint density at radius 1 is 0.867 bits per heavy atom. The number of amides is 2. The van der Waals surface area contributed by atoms with Crippen LogP contribution in [0.2, 0.25) is 0 Å². The maximum atomic E-state index is 12.6. The smallest absolute Gasteiger partial charge is 0.312 e. The molecule has 1 aromatic carbocycles. The number of nitrogens with zero attached hydrogens (tertiary/aromatic N) is 5. The van der Waals surface area contributed by atoms with Gasteiger partial charge in [-0.3, -0.25) is 9.59 Å². The molecule has 0 aliphatic carbocycles. The summed E-state index contributed by atoms with van der Waals surface area (Å²) in [6.45, 7) is 1.55. The molecule has 1 saturated heterocycles. The number of benzene rings is 1. The second kappa shape index (κ2) is 8.56. The summed E-state index contributed by atoms with van der Waals surface area (Å²) in [5.41, 5.74) is 8.12. The second-order valence-electron chi connectivity index (χ2n) is 6.90. The summed E-state index contributed by atoms with van der Waals surface area (Å²) >= 11 is 0. The lowest BCUT2D eigenvalue weighted by Crippen LogP contribution is -2.53. The number of anilines is 3. The summed E-state index contributed by atoms with van der Waals surface area (Å²) in [6, 6.07) is 14.6. The monoisotopic (exact) mass is 403 g/mol. The first-order chi connectivity index (χ1) is 14.6. The first-order valence-corrected chi connectivity index (χ1v) is 9.51. The molecule has 3 heterocycles. The third-order valence-electron chi connectivity index (χ3n) is 4.73. The van der Waals surface area contributed by atoms with Gasteiger partial charge in [-0.05, 0) is 35.9 Å². The molecular weight excluding hydrogens is 382 g/mol. The van der Waals surface area contributed by atoms with E-state index in [0.29, 0.717) is 37.1 Å². The van der Waals surface area contributed by atoms with Gasteiger partial charge >= 0.3 is 11.8 Å². The van der Waals surface area contributed by atoms with Crippen LogP contribution in [0.5, 0.6) is 0 Å². The van der Waals surface area contributed by atoms with Gasteiger partial charge in [0.1, 0.15) is 5.82 Å². The predicted molar refractivity (Wildman–Crippen MR) is 111 cm³/mol. The fourth-order valence-electron chi connectivity index (χ4n) is 3.21. The van der Waals surface area contributed by atoms with Crippen molar-refractivity contribution in [2.75, 3.05) is 24.1 Å². The number of nitrogen functional groups attached to an aromatic ring is 1. The summed E-state index contributed by atoms with van der Waals surface area (Å²) in [5.74, 6) is -0.131. The van der Waals surface area contributed by atoms with Crippen molar-refractivity contribution in [1.82, 2.24) is 24.8 Å². The van der Waals surface area contributed by atoms with Crippen LogP contribution in [0, 0.1) is 0 Å². The quantitative estimate of drug-likeness (QED) is 0.600. The van der Waals surface area contributed by atoms with Gasteiger partial charge in [-0.15, -0.1) is 0 Å². The van der Waals surface area contributed by atoms with E-state index in [-0.39, 0.29) is 6.54 Å². The third kappa shape index (κ3) is 4.52. The highest BCUT2D eigenvalue weighted by Gasteiger charge is 2.32.